The molecule has 43 heavy (non-hydrogen) atoms. The maximum absolute atomic E-state index is 14.1. The molecular formula is C30H24Br2Cl2N2O7. The van der Waals surface area contributed by atoms with Crippen molar-refractivity contribution in [2.75, 3.05) is 17.5 Å². The zero-order chi connectivity index (χ0) is 31.2. The molecule has 4 aliphatic rings. The first-order valence-corrected chi connectivity index (χ1v) is 16.0. The number of Topliss-reactive ketones (excluding diaryl/α,β-unsaturated/α-hetero) is 1. The van der Waals surface area contributed by atoms with Crippen molar-refractivity contribution in [2.24, 2.45) is 17.8 Å². The number of alkyl halides is 3. The summed E-state index contributed by atoms with van der Waals surface area (Å²) in [6, 6.07) is 9.34. The van der Waals surface area contributed by atoms with Gasteiger partial charge in [-0.25, -0.2) is 0 Å². The number of amides is 4. The smallest absolute Gasteiger partial charge is 0.254 e. The van der Waals surface area contributed by atoms with E-state index in [1.807, 2.05) is 6.08 Å². The summed E-state index contributed by atoms with van der Waals surface area (Å²) in [6.07, 6.45) is 1.87. The first-order chi connectivity index (χ1) is 20.3. The Morgan fingerprint density at radius 1 is 1.07 bits per heavy atom. The highest BCUT2D eigenvalue weighted by molar-refractivity contribution is 9.10. The first-order valence-electron chi connectivity index (χ1n) is 13.4. The van der Waals surface area contributed by atoms with E-state index in [1.165, 1.54) is 20.1 Å². The summed E-state index contributed by atoms with van der Waals surface area (Å²) >= 11 is 21.0. The van der Waals surface area contributed by atoms with Crippen LogP contribution in [0.2, 0.25) is 0 Å². The molecule has 0 spiro atoms. The highest BCUT2D eigenvalue weighted by Crippen LogP contribution is 2.66. The maximum atomic E-state index is 14.1. The highest BCUT2D eigenvalue weighted by Gasteiger charge is 2.76. The number of fused-ring (bicyclic) bond motifs is 4. The van der Waals surface area contributed by atoms with Crippen LogP contribution in [-0.4, -0.2) is 61.7 Å². The molecule has 1 saturated carbocycles. The number of phenolic OH excluding ortho intramolecular Hbond substituents is 1. The molecule has 2 aromatic rings. The van der Waals surface area contributed by atoms with Crippen LogP contribution in [-0.2, 0) is 19.2 Å². The minimum Gasteiger partial charge on any atom is -0.503 e. The van der Waals surface area contributed by atoms with E-state index >= 15 is 0 Å². The van der Waals surface area contributed by atoms with Crippen LogP contribution in [0.1, 0.15) is 41.6 Å². The minimum atomic E-state index is -1.98. The fraction of sp³-hybridized carbons (Fsp3) is 0.367. The second-order valence-electron chi connectivity index (χ2n) is 11.2. The Hall–Kier alpha value is -2.73. The molecule has 9 nitrogen and oxygen atoms in total. The molecule has 2 aliphatic heterocycles. The molecule has 0 bridgehead atoms. The average molecular weight is 755 g/mol. The first kappa shape index (κ1) is 30.3. The largest absolute Gasteiger partial charge is 0.503 e. The number of allylic oxidation sites excluding steroid dienone is 2. The van der Waals surface area contributed by atoms with Gasteiger partial charge in [0.2, 0.25) is 11.8 Å². The Bertz CT molecular complexity index is 1660. The number of hydrogen-bond acceptors (Lipinski definition) is 7. The molecule has 6 rings (SSSR count). The van der Waals surface area contributed by atoms with Gasteiger partial charge in [-0.1, -0.05) is 27.6 Å². The van der Waals surface area contributed by atoms with E-state index in [2.05, 4.69) is 31.9 Å². The van der Waals surface area contributed by atoms with Gasteiger partial charge in [-0.05, 0) is 83.6 Å². The number of rotatable bonds is 5. The van der Waals surface area contributed by atoms with Crippen LogP contribution in [0.15, 0.2) is 52.5 Å². The number of carbonyl (C=O) groups is 5. The normalized spacial score (nSPS) is 31.5. The highest BCUT2D eigenvalue weighted by atomic mass is 79.9. The summed E-state index contributed by atoms with van der Waals surface area (Å²) in [7, 11) is 1.37. The van der Waals surface area contributed by atoms with E-state index in [1.54, 1.807) is 30.3 Å². The van der Waals surface area contributed by atoms with Gasteiger partial charge in [0.05, 0.1) is 34.6 Å². The topological polar surface area (TPSA) is 121 Å². The number of aromatic hydroxyl groups is 1. The molecule has 3 fully saturated rings. The number of methoxy groups -OCH3 is 1. The lowest BCUT2D eigenvalue weighted by molar-refractivity contribution is -0.138. The SMILES string of the molecule is COc1cc(C2C3=CCC4C(=O)N(c5ccc(C(C)=O)cc5)C(=O)C4C3CC3(Cl)C(=O)N(CBr)C(=O)C23Cl)cc(Br)c1O. The number of imide groups is 2. The Labute approximate surface area is 273 Å². The minimum absolute atomic E-state index is 0.0997. The van der Waals surface area contributed by atoms with Crippen molar-refractivity contribution in [3.05, 3.63) is 63.6 Å². The number of halogens is 4. The molecule has 1 N–H and O–H groups in total. The molecule has 0 radical (unpaired) electrons. The van der Waals surface area contributed by atoms with E-state index in [0.29, 0.717) is 22.4 Å². The maximum Gasteiger partial charge on any atom is 0.254 e. The molecule has 6 unspecified atom stereocenters. The fourth-order valence-electron chi connectivity index (χ4n) is 7.14. The number of hydrogen-bond donors (Lipinski definition) is 1. The van der Waals surface area contributed by atoms with E-state index in [0.717, 1.165) is 9.80 Å². The zero-order valence-corrected chi connectivity index (χ0v) is 27.5. The lowest BCUT2D eigenvalue weighted by atomic mass is 9.56. The van der Waals surface area contributed by atoms with E-state index in [9.17, 15) is 29.1 Å². The second kappa shape index (κ2) is 10.4. The van der Waals surface area contributed by atoms with Crippen LogP contribution in [0.25, 0.3) is 0 Å². The Morgan fingerprint density at radius 3 is 2.35 bits per heavy atom. The van der Waals surface area contributed by atoms with Gasteiger partial charge < -0.3 is 9.84 Å². The molecule has 2 saturated heterocycles. The van der Waals surface area contributed by atoms with E-state index < -0.39 is 57.0 Å². The van der Waals surface area contributed by atoms with Crippen LogP contribution < -0.4 is 9.64 Å². The van der Waals surface area contributed by atoms with Crippen LogP contribution in [0.5, 0.6) is 11.5 Å². The van der Waals surface area contributed by atoms with Crippen LogP contribution in [0, 0.1) is 17.8 Å². The third-order valence-electron chi connectivity index (χ3n) is 9.15. The van der Waals surface area contributed by atoms with Gasteiger partial charge in [-0.3, -0.25) is 33.8 Å². The summed E-state index contributed by atoms with van der Waals surface area (Å²) in [4.78, 5) is 65.5. The van der Waals surface area contributed by atoms with Crippen molar-refractivity contribution in [1.29, 1.82) is 0 Å². The van der Waals surface area contributed by atoms with Crippen molar-refractivity contribution in [2.45, 2.75) is 35.4 Å². The van der Waals surface area contributed by atoms with E-state index in [-0.39, 0.29) is 40.1 Å². The van der Waals surface area contributed by atoms with Gasteiger partial charge in [0.1, 0.15) is 0 Å². The molecule has 4 amide bonds. The van der Waals surface area contributed by atoms with Gasteiger partial charge in [0.25, 0.3) is 11.8 Å². The molecule has 2 aromatic carbocycles. The van der Waals surface area contributed by atoms with Gasteiger partial charge >= 0.3 is 0 Å². The number of likely N-dealkylation sites (tertiary alicyclic amines) is 1. The molecule has 224 valence electrons. The summed E-state index contributed by atoms with van der Waals surface area (Å²) in [5.74, 6) is -5.78. The number of ether oxygens (including phenoxy) is 1. The second-order valence-corrected chi connectivity index (χ2v) is 13.8. The molecule has 13 heteroatoms. The van der Waals surface area contributed by atoms with Crippen molar-refractivity contribution in [1.82, 2.24) is 4.90 Å². The van der Waals surface area contributed by atoms with Crippen LogP contribution >= 0.6 is 55.1 Å². The number of phenols is 1. The lowest BCUT2D eigenvalue weighted by Gasteiger charge is -2.50. The number of ketones is 1. The van der Waals surface area contributed by atoms with Crippen molar-refractivity contribution >= 4 is 90.2 Å². The Kier molecular flexibility index (Phi) is 7.35. The third-order valence-corrected chi connectivity index (χ3v) is 11.7. The lowest BCUT2D eigenvalue weighted by Crippen LogP contribution is -2.60. The van der Waals surface area contributed by atoms with Crippen molar-refractivity contribution in [3.63, 3.8) is 0 Å². The fourth-order valence-corrected chi connectivity index (χ4v) is 9.03. The van der Waals surface area contributed by atoms with Gasteiger partial charge in [-0.15, -0.1) is 23.2 Å². The summed E-state index contributed by atoms with van der Waals surface area (Å²) in [5, 5.41) is 10.5. The van der Waals surface area contributed by atoms with E-state index in [4.69, 9.17) is 27.9 Å². The van der Waals surface area contributed by atoms with Gasteiger partial charge in [-0.2, -0.15) is 0 Å². The van der Waals surface area contributed by atoms with Crippen molar-refractivity contribution in [3.8, 4) is 11.5 Å². The molecule has 0 aromatic heterocycles. The Morgan fingerprint density at radius 2 is 1.74 bits per heavy atom. The summed E-state index contributed by atoms with van der Waals surface area (Å²) < 4.78 is 5.63. The predicted octanol–water partition coefficient (Wildman–Crippen LogP) is 5.28. The van der Waals surface area contributed by atoms with Crippen LogP contribution in [0.4, 0.5) is 5.69 Å². The average Bonchev–Trinajstić information content (AvgIpc) is 3.32. The monoisotopic (exact) mass is 752 g/mol. The van der Waals surface area contributed by atoms with Gasteiger partial charge in [0, 0.05) is 11.5 Å². The predicted molar refractivity (Wildman–Crippen MR) is 165 cm³/mol. The number of carbonyl (C=O) groups excluding carboxylic acids is 5. The number of nitrogens with zero attached hydrogens (tertiary/aromatic N) is 2. The third kappa shape index (κ3) is 4.04. The van der Waals surface area contributed by atoms with Crippen molar-refractivity contribution < 1.29 is 33.8 Å². The zero-order valence-electron chi connectivity index (χ0n) is 22.8. The molecule has 2 aliphatic carbocycles. The molecule has 2 heterocycles. The Balaban J connectivity index is 1.51. The quantitative estimate of drug-likeness (QED) is 0.145. The van der Waals surface area contributed by atoms with Crippen LogP contribution in [0.3, 0.4) is 0 Å². The van der Waals surface area contributed by atoms with Gasteiger partial charge in [0.15, 0.2) is 27.0 Å². The standard InChI is InChI=1S/C30H24Br2Cl2N2O7/c1-13(37)14-3-5-16(6-4-14)36-25(39)18-8-7-17-19(22(18)26(36)40)11-29(33)27(41)35(12-31)28(42)30(29,34)23(17)15-9-20(32)24(38)21(10-15)43-2/h3-7,9-10,18-19,22-23,38H,8,11-12H2,1-2H3. The number of benzene rings is 2. The summed E-state index contributed by atoms with van der Waals surface area (Å²) in [6.45, 7) is 1.43. The molecule has 6 atom stereocenters. The number of anilines is 1. The summed E-state index contributed by atoms with van der Waals surface area (Å²) in [5.41, 5.74) is 1.68. The molecular weight excluding hydrogens is 731 g/mol.